The van der Waals surface area contributed by atoms with Gasteiger partial charge in [0.05, 0.1) is 0 Å². The summed E-state index contributed by atoms with van der Waals surface area (Å²) in [6.45, 7) is 1.98. The van der Waals surface area contributed by atoms with Crippen molar-refractivity contribution in [3.8, 4) is 0 Å². The first kappa shape index (κ1) is 22.1. The molecule has 3 N–H and O–H groups in total. The molecule has 1 aliphatic rings. The van der Waals surface area contributed by atoms with Gasteiger partial charge in [0.25, 0.3) is 5.91 Å². The van der Waals surface area contributed by atoms with Crippen LogP contribution in [0.5, 0.6) is 0 Å². The van der Waals surface area contributed by atoms with Gasteiger partial charge in [0, 0.05) is 22.7 Å². The van der Waals surface area contributed by atoms with Crippen LogP contribution < -0.4 is 10.6 Å². The number of benzene rings is 1. The van der Waals surface area contributed by atoms with Gasteiger partial charge in [-0.25, -0.2) is 0 Å². The van der Waals surface area contributed by atoms with Crippen LogP contribution in [-0.4, -0.2) is 28.1 Å². The Morgan fingerprint density at radius 3 is 2.50 bits per heavy atom. The molecule has 0 bridgehead atoms. The van der Waals surface area contributed by atoms with Crippen LogP contribution in [0.4, 0.5) is 19.0 Å². The molecule has 1 unspecified atom stereocenters. The molecule has 162 valence electrons. The largest absolute Gasteiger partial charge is 0.435 e. The zero-order chi connectivity index (χ0) is 21.7. The number of nitrogens with one attached hydrogen (secondary N) is 3. The van der Waals surface area contributed by atoms with Gasteiger partial charge < -0.3 is 10.6 Å². The number of aromatic nitrogens is 2. The number of alkyl halides is 3. The van der Waals surface area contributed by atoms with Gasteiger partial charge in [0.15, 0.2) is 5.69 Å². The Morgan fingerprint density at radius 1 is 1.23 bits per heavy atom. The van der Waals surface area contributed by atoms with Crippen molar-refractivity contribution in [2.45, 2.75) is 51.2 Å². The minimum Gasteiger partial charge on any atom is -0.353 e. The number of nitrogens with zero attached hydrogens (tertiary/aromatic N) is 2. The molecule has 0 spiro atoms. The number of anilines is 1. The summed E-state index contributed by atoms with van der Waals surface area (Å²) < 4.78 is 38.5. The highest BCUT2D eigenvalue weighted by atomic mass is 35.5. The predicted octanol–water partition coefficient (Wildman–Crippen LogP) is 5.25. The molecule has 1 aromatic heterocycles. The van der Waals surface area contributed by atoms with Crippen LogP contribution in [0.3, 0.4) is 0 Å². The average molecular weight is 442 g/mol. The Bertz CT molecular complexity index is 889. The molecule has 0 saturated heterocycles. The number of H-pyrrole nitrogens is 1. The highest BCUT2D eigenvalue weighted by Gasteiger charge is 2.34. The molecular formula is C20H23ClF3N5O. The summed E-state index contributed by atoms with van der Waals surface area (Å²) in [6, 6.07) is 7.03. The van der Waals surface area contributed by atoms with Crippen molar-refractivity contribution in [3.63, 3.8) is 0 Å². The number of halogens is 4. The zero-order valence-corrected chi connectivity index (χ0v) is 17.1. The first-order valence-corrected chi connectivity index (χ1v) is 10.1. The van der Waals surface area contributed by atoms with Crippen molar-refractivity contribution in [3.05, 3.63) is 46.6 Å². The summed E-state index contributed by atoms with van der Waals surface area (Å²) >= 11 is 5.85. The smallest absolute Gasteiger partial charge is 0.353 e. The Balaban J connectivity index is 1.80. The highest BCUT2D eigenvalue weighted by molar-refractivity contribution is 6.30. The highest BCUT2D eigenvalue weighted by Crippen LogP contribution is 2.29. The summed E-state index contributed by atoms with van der Waals surface area (Å²) in [6.07, 6.45) is 0.997. The number of carbonyl (C=O) groups excluding carboxylic acids is 1. The molecule has 2 aromatic rings. The number of aromatic amines is 1. The van der Waals surface area contributed by atoms with E-state index in [4.69, 9.17) is 11.6 Å². The van der Waals surface area contributed by atoms with E-state index in [-0.39, 0.29) is 17.8 Å². The number of hydrogen-bond donors (Lipinski definition) is 3. The van der Waals surface area contributed by atoms with Crippen LogP contribution in [0, 0.1) is 5.92 Å². The van der Waals surface area contributed by atoms with Gasteiger partial charge in [-0.05, 0) is 49.9 Å². The van der Waals surface area contributed by atoms with Crippen molar-refractivity contribution >= 4 is 29.3 Å². The third-order valence-corrected chi connectivity index (χ3v) is 5.40. The SMILES string of the molecule is CC(N/C(=N\C(=O)c1ccc(Cl)cc1)Nc1cc(C(F)(F)F)n[nH]1)C1CCCCC1. The van der Waals surface area contributed by atoms with E-state index in [9.17, 15) is 18.0 Å². The molecule has 0 radical (unpaired) electrons. The second kappa shape index (κ2) is 9.51. The summed E-state index contributed by atoms with van der Waals surface area (Å²) in [4.78, 5) is 16.6. The quantitative estimate of drug-likeness (QED) is 0.447. The van der Waals surface area contributed by atoms with Gasteiger partial charge in [-0.15, -0.1) is 0 Å². The van der Waals surface area contributed by atoms with E-state index in [2.05, 4.69) is 25.8 Å². The molecule has 1 aliphatic carbocycles. The van der Waals surface area contributed by atoms with Crippen LogP contribution >= 0.6 is 11.6 Å². The number of hydrogen-bond acceptors (Lipinski definition) is 2. The second-order valence-corrected chi connectivity index (χ2v) is 7.83. The fourth-order valence-electron chi connectivity index (χ4n) is 3.48. The molecule has 1 amide bonds. The molecule has 1 fully saturated rings. The van der Waals surface area contributed by atoms with Crippen LogP contribution in [-0.2, 0) is 6.18 Å². The van der Waals surface area contributed by atoms with E-state index < -0.39 is 17.8 Å². The molecule has 0 aliphatic heterocycles. The molecule has 10 heteroatoms. The fraction of sp³-hybridized carbons (Fsp3) is 0.450. The number of amides is 1. The summed E-state index contributed by atoms with van der Waals surface area (Å²) in [5, 5.41) is 11.9. The molecule has 30 heavy (non-hydrogen) atoms. The van der Waals surface area contributed by atoms with Crippen LogP contribution in [0.15, 0.2) is 35.3 Å². The molecular weight excluding hydrogens is 419 g/mol. The van der Waals surface area contributed by atoms with Crippen molar-refractivity contribution in [1.29, 1.82) is 0 Å². The molecule has 3 rings (SSSR count). The predicted molar refractivity (Wildman–Crippen MR) is 110 cm³/mol. The maximum Gasteiger partial charge on any atom is 0.435 e. The Labute approximate surface area is 177 Å². The fourth-order valence-corrected chi connectivity index (χ4v) is 3.61. The lowest BCUT2D eigenvalue weighted by Crippen LogP contribution is -2.42. The standard InChI is InChI=1S/C20H23ClF3N5O/c1-12(13-5-3-2-4-6-13)25-19(26-17-11-16(28-29-17)20(22,23)24)27-18(30)14-7-9-15(21)10-8-14/h7-13H,2-6H2,1H3,(H3,25,26,27,28,29,30). The van der Waals surface area contributed by atoms with E-state index >= 15 is 0 Å². The normalized spacial score (nSPS) is 16.9. The number of rotatable bonds is 4. The molecule has 1 saturated carbocycles. The van der Waals surface area contributed by atoms with E-state index in [1.807, 2.05) is 6.92 Å². The maximum absolute atomic E-state index is 12.8. The van der Waals surface area contributed by atoms with Crippen molar-refractivity contribution in [2.24, 2.45) is 10.9 Å². The molecule has 1 heterocycles. The Morgan fingerprint density at radius 2 is 1.90 bits per heavy atom. The third-order valence-electron chi connectivity index (χ3n) is 5.15. The van der Waals surface area contributed by atoms with Crippen LogP contribution in [0.2, 0.25) is 5.02 Å². The number of carbonyl (C=O) groups is 1. The monoisotopic (exact) mass is 441 g/mol. The van der Waals surface area contributed by atoms with Gasteiger partial charge in [-0.2, -0.15) is 23.3 Å². The van der Waals surface area contributed by atoms with Gasteiger partial charge in [0.2, 0.25) is 5.96 Å². The van der Waals surface area contributed by atoms with E-state index in [1.54, 1.807) is 12.1 Å². The summed E-state index contributed by atoms with van der Waals surface area (Å²) in [5.41, 5.74) is -0.750. The Kier molecular flexibility index (Phi) is 7.02. The van der Waals surface area contributed by atoms with Gasteiger partial charge >= 0.3 is 6.18 Å². The topological polar surface area (TPSA) is 82.2 Å². The van der Waals surface area contributed by atoms with Crippen molar-refractivity contribution < 1.29 is 18.0 Å². The lowest BCUT2D eigenvalue weighted by atomic mass is 9.84. The number of aliphatic imine (C=N–C) groups is 1. The van der Waals surface area contributed by atoms with Crippen molar-refractivity contribution in [2.75, 3.05) is 5.32 Å². The molecule has 1 aromatic carbocycles. The lowest BCUT2D eigenvalue weighted by Gasteiger charge is -2.29. The molecule has 1 atom stereocenters. The first-order chi connectivity index (χ1) is 14.2. The molecule has 6 nitrogen and oxygen atoms in total. The zero-order valence-electron chi connectivity index (χ0n) is 16.4. The van der Waals surface area contributed by atoms with Gasteiger partial charge in [0.1, 0.15) is 5.82 Å². The minimum absolute atomic E-state index is 0.0143. The Hall–Kier alpha value is -2.55. The van der Waals surface area contributed by atoms with Crippen molar-refractivity contribution in [1.82, 2.24) is 15.5 Å². The van der Waals surface area contributed by atoms with E-state index in [1.165, 1.54) is 18.6 Å². The lowest BCUT2D eigenvalue weighted by molar-refractivity contribution is -0.141. The van der Waals surface area contributed by atoms with E-state index in [0.717, 1.165) is 31.7 Å². The summed E-state index contributed by atoms with van der Waals surface area (Å²) in [7, 11) is 0. The van der Waals surface area contributed by atoms with Gasteiger partial charge in [-0.3, -0.25) is 9.89 Å². The minimum atomic E-state index is -4.57. The van der Waals surface area contributed by atoms with Gasteiger partial charge in [-0.1, -0.05) is 30.9 Å². The summed E-state index contributed by atoms with van der Waals surface area (Å²) in [5.74, 6) is -0.115. The van der Waals surface area contributed by atoms with Crippen LogP contribution in [0.1, 0.15) is 55.1 Å². The second-order valence-electron chi connectivity index (χ2n) is 7.39. The van der Waals surface area contributed by atoms with E-state index in [0.29, 0.717) is 16.5 Å². The number of guanidine groups is 1. The average Bonchev–Trinajstić information content (AvgIpc) is 3.18. The maximum atomic E-state index is 12.8. The van der Waals surface area contributed by atoms with Crippen LogP contribution in [0.25, 0.3) is 0 Å². The first-order valence-electron chi connectivity index (χ1n) is 9.77. The third kappa shape index (κ3) is 5.98.